The summed E-state index contributed by atoms with van der Waals surface area (Å²) in [4.78, 5) is 2.40. The number of halogens is 6. The van der Waals surface area contributed by atoms with Crippen LogP contribution in [0.2, 0.25) is 0 Å². The number of benzene rings is 1. The van der Waals surface area contributed by atoms with Crippen molar-refractivity contribution in [3.8, 4) is 0 Å². The molecular formula is C14H25AsF6NP. The molecule has 138 valence electrons. The molecule has 0 radical (unpaired) electrons. The number of hydrogen-bond donors (Lipinski definition) is 0. The van der Waals surface area contributed by atoms with Crippen LogP contribution < -0.4 is 10.2 Å². The molecular weight excluding hydrogens is 402 g/mol. The summed E-state index contributed by atoms with van der Waals surface area (Å²) in [5.74, 6) is 0. The maximum atomic E-state index is 9.91. The summed E-state index contributed by atoms with van der Waals surface area (Å²) in [7, 11) is -0.274. The first-order valence-electron chi connectivity index (χ1n) is 7.48. The second-order valence-electron chi connectivity index (χ2n) is 4.99. The van der Waals surface area contributed by atoms with Gasteiger partial charge in [0.2, 0.25) is 0 Å². The molecule has 0 unspecified atom stereocenters. The topological polar surface area (TPSA) is 3.24 Å². The number of anilines is 1. The molecule has 0 aliphatic carbocycles. The van der Waals surface area contributed by atoms with E-state index in [2.05, 4.69) is 56.9 Å². The van der Waals surface area contributed by atoms with Crippen LogP contribution in [0.3, 0.4) is 0 Å². The third-order valence-corrected chi connectivity index (χ3v) is 6.11. The van der Waals surface area contributed by atoms with Crippen LogP contribution in [0.1, 0.15) is 27.7 Å². The van der Waals surface area contributed by atoms with Crippen LogP contribution in [-0.4, -0.2) is 39.6 Å². The van der Waals surface area contributed by atoms with Gasteiger partial charge in [-0.15, -0.1) is 0 Å². The minimum absolute atomic E-state index is 0.274. The SMILES string of the molecule is CCN(CC)c1ccc([PH+](CC)CC)cc1.F[As-](F)(F)(F)(F)F. The van der Waals surface area contributed by atoms with Crippen LogP contribution in [0.5, 0.6) is 0 Å². The van der Waals surface area contributed by atoms with Crippen molar-refractivity contribution in [2.75, 3.05) is 30.3 Å². The van der Waals surface area contributed by atoms with Gasteiger partial charge < -0.3 is 4.90 Å². The molecule has 1 nitrogen and oxygen atoms in total. The predicted molar refractivity (Wildman–Crippen MR) is 91.4 cm³/mol. The summed E-state index contributed by atoms with van der Waals surface area (Å²) in [6.07, 6.45) is 2.68. The molecule has 1 aromatic rings. The molecule has 0 aliphatic heterocycles. The van der Waals surface area contributed by atoms with E-state index >= 15 is 0 Å². The molecule has 0 atom stereocenters. The zero-order chi connectivity index (χ0) is 18.4. The van der Waals surface area contributed by atoms with Crippen LogP contribution >= 0.6 is 7.92 Å². The van der Waals surface area contributed by atoms with Gasteiger partial charge in [0.25, 0.3) is 0 Å². The molecule has 0 fully saturated rings. The van der Waals surface area contributed by atoms with Gasteiger partial charge in [-0.2, -0.15) is 0 Å². The van der Waals surface area contributed by atoms with Crippen LogP contribution in [0.25, 0.3) is 0 Å². The molecule has 0 amide bonds. The van der Waals surface area contributed by atoms with E-state index in [0.717, 1.165) is 13.1 Å². The van der Waals surface area contributed by atoms with Crippen LogP contribution in [-0.2, 0) is 0 Å². The van der Waals surface area contributed by atoms with Crippen molar-refractivity contribution < 1.29 is 20.8 Å². The Hall–Kier alpha value is -0.412. The molecule has 1 rings (SSSR count). The number of nitrogens with zero attached hydrogens (tertiary/aromatic N) is 1. The van der Waals surface area contributed by atoms with Gasteiger partial charge in [0.05, 0.1) is 17.6 Å². The summed E-state index contributed by atoms with van der Waals surface area (Å²) in [6.45, 7) is 11.2. The Kier molecular flexibility index (Phi) is 7.51. The third-order valence-electron chi connectivity index (χ3n) is 3.26. The molecule has 0 heterocycles. The standard InChI is InChI=1S/C14H24NP.AsF6/c1-5-15(6-2)13-9-11-14(12-10-13)16(7-3)8-4;2-1(3,4,5,6)7/h9-12H,5-8H2,1-4H3;/q;-1/p+1. The first-order chi connectivity index (χ1) is 10.2. The molecule has 0 saturated carbocycles. The van der Waals surface area contributed by atoms with Gasteiger partial charge in [0.15, 0.2) is 0 Å². The fraction of sp³-hybridized carbons (Fsp3) is 0.571. The van der Waals surface area contributed by atoms with Gasteiger partial charge in [-0.25, -0.2) is 0 Å². The summed E-state index contributed by atoms with van der Waals surface area (Å²) >= 11 is -11.1. The van der Waals surface area contributed by atoms with Crippen molar-refractivity contribution in [2.45, 2.75) is 27.7 Å². The van der Waals surface area contributed by atoms with Gasteiger partial charge in [-0.3, -0.25) is 0 Å². The van der Waals surface area contributed by atoms with Crippen LogP contribution in [0, 0.1) is 0 Å². The molecule has 0 N–H and O–H groups in total. The average Bonchev–Trinajstić information content (AvgIpc) is 2.39. The molecule has 0 aliphatic rings. The van der Waals surface area contributed by atoms with E-state index in [-0.39, 0.29) is 7.92 Å². The van der Waals surface area contributed by atoms with E-state index in [9.17, 15) is 20.8 Å². The maximum absolute atomic E-state index is 11.1. The Labute approximate surface area is 136 Å². The normalized spacial score (nSPS) is 14.6. The molecule has 23 heavy (non-hydrogen) atoms. The zero-order valence-corrected chi connectivity index (χ0v) is 16.7. The minimum atomic E-state index is -11.1. The predicted octanol–water partition coefficient (Wildman–Crippen LogP) is 5.55. The molecule has 9 heteroatoms. The summed E-state index contributed by atoms with van der Waals surface area (Å²) in [6, 6.07) is 9.26. The number of hydrogen-bond acceptors (Lipinski definition) is 1. The van der Waals surface area contributed by atoms with Crippen LogP contribution in [0.15, 0.2) is 24.3 Å². The molecule has 1 aromatic carbocycles. The molecule has 0 spiro atoms. The van der Waals surface area contributed by atoms with Gasteiger partial charge in [0.1, 0.15) is 0 Å². The zero-order valence-electron chi connectivity index (χ0n) is 13.8. The van der Waals surface area contributed by atoms with Gasteiger partial charge in [-0.1, -0.05) is 0 Å². The van der Waals surface area contributed by atoms with Crippen molar-refractivity contribution in [1.29, 1.82) is 0 Å². The quantitative estimate of drug-likeness (QED) is 0.327. The Bertz CT molecular complexity index is 423. The molecule has 0 bridgehead atoms. The second kappa shape index (κ2) is 7.65. The Morgan fingerprint density at radius 3 is 1.39 bits per heavy atom. The van der Waals surface area contributed by atoms with E-state index in [1.165, 1.54) is 18.0 Å². The first kappa shape index (κ1) is 22.6. The Morgan fingerprint density at radius 1 is 0.783 bits per heavy atom. The number of rotatable bonds is 6. The fourth-order valence-corrected chi connectivity index (χ4v) is 4.11. The first-order valence-corrected chi connectivity index (χ1v) is 13.6. The van der Waals surface area contributed by atoms with Crippen molar-refractivity contribution in [3.05, 3.63) is 24.3 Å². The summed E-state index contributed by atoms with van der Waals surface area (Å²) < 4.78 is 59.4. The van der Waals surface area contributed by atoms with E-state index in [1.54, 1.807) is 5.30 Å². The van der Waals surface area contributed by atoms with Crippen molar-refractivity contribution in [2.24, 2.45) is 0 Å². The molecule has 0 aromatic heterocycles. The van der Waals surface area contributed by atoms with Crippen molar-refractivity contribution in [1.82, 2.24) is 0 Å². The molecule has 0 saturated heterocycles. The second-order valence-corrected chi connectivity index (χ2v) is 12.2. The van der Waals surface area contributed by atoms with Crippen molar-refractivity contribution in [3.63, 3.8) is 0 Å². The monoisotopic (exact) mass is 427 g/mol. The van der Waals surface area contributed by atoms with Gasteiger partial charge in [0, 0.05) is 26.7 Å². The Balaban J connectivity index is 0.000000585. The Morgan fingerprint density at radius 2 is 1.13 bits per heavy atom. The summed E-state index contributed by atoms with van der Waals surface area (Å²) in [5.41, 5.74) is 1.36. The van der Waals surface area contributed by atoms with Crippen molar-refractivity contribution >= 4 is 33.1 Å². The van der Waals surface area contributed by atoms with Gasteiger partial charge >= 0.3 is 35.0 Å². The third kappa shape index (κ3) is 12.7. The van der Waals surface area contributed by atoms with E-state index in [0.29, 0.717) is 0 Å². The average molecular weight is 427 g/mol. The van der Waals surface area contributed by atoms with Gasteiger partial charge in [-0.05, 0) is 52.0 Å². The van der Waals surface area contributed by atoms with E-state index in [1.807, 2.05) is 0 Å². The fourth-order valence-electron chi connectivity index (χ4n) is 2.15. The van der Waals surface area contributed by atoms with E-state index in [4.69, 9.17) is 0 Å². The van der Waals surface area contributed by atoms with E-state index < -0.39 is 14.2 Å². The van der Waals surface area contributed by atoms with Crippen LogP contribution in [0.4, 0.5) is 26.5 Å². The summed E-state index contributed by atoms with van der Waals surface area (Å²) in [5, 5.41) is 1.59.